The molecule has 5 nitrogen and oxygen atoms in total. The van der Waals surface area contributed by atoms with Crippen LogP contribution in [0.25, 0.3) is 0 Å². The first-order valence-corrected chi connectivity index (χ1v) is 7.13. The van der Waals surface area contributed by atoms with Gasteiger partial charge in [0.1, 0.15) is 4.88 Å². The molecule has 1 heterocycles. The molecule has 0 saturated carbocycles. The predicted octanol–water partition coefficient (Wildman–Crippen LogP) is 2.86. The molecule has 0 aliphatic rings. The molecule has 0 radical (unpaired) electrons. The summed E-state index contributed by atoms with van der Waals surface area (Å²) in [5.41, 5.74) is 0.499. The van der Waals surface area contributed by atoms with E-state index in [1.165, 1.54) is 18.4 Å². The lowest BCUT2D eigenvalue weighted by Crippen LogP contribution is -2.29. The van der Waals surface area contributed by atoms with Gasteiger partial charge in [0.15, 0.2) is 5.13 Å². The number of rotatable bonds is 7. The Morgan fingerprint density at radius 1 is 1.47 bits per heavy atom. The maximum absolute atomic E-state index is 11.2. The third-order valence-corrected chi connectivity index (χ3v) is 4.11. The zero-order chi connectivity index (χ0) is 14.6. The topological polar surface area (TPSA) is 62.7 Å². The zero-order valence-electron chi connectivity index (χ0n) is 12.1. The number of hydrogen-bond acceptors (Lipinski definition) is 5. The van der Waals surface area contributed by atoms with E-state index in [9.17, 15) is 4.79 Å². The molecule has 0 saturated heterocycles. The molecule has 0 amide bonds. The van der Waals surface area contributed by atoms with Crippen LogP contribution >= 0.6 is 11.3 Å². The lowest BCUT2D eigenvalue weighted by molar-refractivity contribution is 0.0697. The lowest BCUT2D eigenvalue weighted by Gasteiger charge is -2.25. The quantitative estimate of drug-likeness (QED) is 0.835. The molecule has 0 spiro atoms. The van der Waals surface area contributed by atoms with E-state index in [-0.39, 0.29) is 11.5 Å². The normalized spacial score (nSPS) is 12.7. The van der Waals surface area contributed by atoms with Crippen LogP contribution in [0.3, 0.4) is 0 Å². The van der Waals surface area contributed by atoms with E-state index in [0.717, 1.165) is 11.6 Å². The number of aromatic carboxylic acids is 1. The number of thiazole rings is 1. The van der Waals surface area contributed by atoms with Gasteiger partial charge in [-0.15, -0.1) is 0 Å². The minimum absolute atomic E-state index is 0.227. The van der Waals surface area contributed by atoms with Crippen LogP contribution in [0.1, 0.15) is 42.6 Å². The minimum atomic E-state index is -0.944. The Morgan fingerprint density at radius 3 is 2.58 bits per heavy atom. The maximum atomic E-state index is 11.2. The van der Waals surface area contributed by atoms with Crippen molar-refractivity contribution in [1.29, 1.82) is 0 Å². The number of carboxylic acids is 1. The van der Waals surface area contributed by atoms with E-state index in [2.05, 4.69) is 25.8 Å². The Labute approximate surface area is 118 Å². The second-order valence-corrected chi connectivity index (χ2v) is 6.08. The first kappa shape index (κ1) is 15.9. The van der Waals surface area contributed by atoms with Gasteiger partial charge in [-0.3, -0.25) is 0 Å². The Hall–Kier alpha value is -1.14. The summed E-state index contributed by atoms with van der Waals surface area (Å²) < 4.78 is 5.00. The summed E-state index contributed by atoms with van der Waals surface area (Å²) in [7, 11) is 3.49. The molecule has 19 heavy (non-hydrogen) atoms. The van der Waals surface area contributed by atoms with Crippen molar-refractivity contribution in [3.8, 4) is 0 Å². The summed E-state index contributed by atoms with van der Waals surface area (Å²) in [5, 5.41) is 9.90. The van der Waals surface area contributed by atoms with Crippen molar-refractivity contribution >= 4 is 22.4 Å². The standard InChI is InChI=1S/C13H22N2O3S/c1-8(2)6-9(3)15(4)13-14-10(7-18-5)11(19-13)12(16)17/h8-9H,6-7H2,1-5H3,(H,16,17). The smallest absolute Gasteiger partial charge is 0.347 e. The van der Waals surface area contributed by atoms with Gasteiger partial charge >= 0.3 is 5.97 Å². The average molecular weight is 286 g/mol. The van der Waals surface area contributed by atoms with Crippen LogP contribution in [0.15, 0.2) is 0 Å². The molecule has 1 rings (SSSR count). The number of carboxylic acid groups (broad SMARTS) is 1. The number of methoxy groups -OCH3 is 1. The highest BCUT2D eigenvalue weighted by molar-refractivity contribution is 7.17. The number of hydrogen-bond donors (Lipinski definition) is 1. The zero-order valence-corrected chi connectivity index (χ0v) is 13.0. The van der Waals surface area contributed by atoms with E-state index < -0.39 is 5.97 Å². The highest BCUT2D eigenvalue weighted by Gasteiger charge is 2.21. The summed E-state index contributed by atoms with van der Waals surface area (Å²) in [5.74, 6) is -0.351. The van der Waals surface area contributed by atoms with E-state index in [1.807, 2.05) is 11.9 Å². The number of aromatic nitrogens is 1. The molecule has 1 atom stereocenters. The fourth-order valence-electron chi connectivity index (χ4n) is 1.92. The summed E-state index contributed by atoms with van der Waals surface area (Å²) in [6, 6.07) is 0.322. The molecule has 1 N–H and O–H groups in total. The molecule has 6 heteroatoms. The monoisotopic (exact) mass is 286 g/mol. The van der Waals surface area contributed by atoms with Gasteiger partial charge in [0.25, 0.3) is 0 Å². The Bertz CT molecular complexity index is 432. The summed E-state index contributed by atoms with van der Waals surface area (Å²) in [6.07, 6.45) is 1.04. The number of ether oxygens (including phenoxy) is 1. The van der Waals surface area contributed by atoms with Gasteiger partial charge < -0.3 is 14.7 Å². The SMILES string of the molecule is COCc1nc(N(C)C(C)CC(C)C)sc1C(=O)O. The molecule has 0 aromatic carbocycles. The molecular formula is C13H22N2O3S. The van der Waals surface area contributed by atoms with Gasteiger partial charge in [-0.05, 0) is 19.3 Å². The first-order valence-electron chi connectivity index (χ1n) is 6.31. The molecule has 0 aliphatic heterocycles. The van der Waals surface area contributed by atoms with E-state index in [0.29, 0.717) is 17.7 Å². The van der Waals surface area contributed by atoms with Crippen molar-refractivity contribution in [3.63, 3.8) is 0 Å². The third-order valence-electron chi connectivity index (χ3n) is 2.94. The van der Waals surface area contributed by atoms with Crippen LogP contribution in [-0.4, -0.2) is 36.3 Å². The van der Waals surface area contributed by atoms with Crippen LogP contribution in [0.4, 0.5) is 5.13 Å². The molecule has 1 unspecified atom stereocenters. The van der Waals surface area contributed by atoms with Crippen molar-refractivity contribution < 1.29 is 14.6 Å². The van der Waals surface area contributed by atoms with Gasteiger partial charge in [0.05, 0.1) is 12.3 Å². The number of nitrogens with zero attached hydrogens (tertiary/aromatic N) is 2. The predicted molar refractivity (Wildman–Crippen MR) is 77.1 cm³/mol. The molecular weight excluding hydrogens is 264 g/mol. The van der Waals surface area contributed by atoms with Crippen molar-refractivity contribution in [2.24, 2.45) is 5.92 Å². The Balaban J connectivity index is 2.94. The molecule has 1 aromatic rings. The summed E-state index contributed by atoms with van der Waals surface area (Å²) in [4.78, 5) is 17.9. The third kappa shape index (κ3) is 4.18. The molecule has 108 valence electrons. The van der Waals surface area contributed by atoms with Crippen molar-refractivity contribution in [1.82, 2.24) is 4.98 Å². The first-order chi connectivity index (χ1) is 8.86. The highest BCUT2D eigenvalue weighted by atomic mass is 32.1. The largest absolute Gasteiger partial charge is 0.477 e. The minimum Gasteiger partial charge on any atom is -0.477 e. The van der Waals surface area contributed by atoms with Gasteiger partial charge in [-0.25, -0.2) is 9.78 Å². The Morgan fingerprint density at radius 2 is 2.11 bits per heavy atom. The van der Waals surface area contributed by atoms with Crippen LogP contribution < -0.4 is 4.90 Å². The molecule has 0 aliphatic carbocycles. The van der Waals surface area contributed by atoms with E-state index >= 15 is 0 Å². The van der Waals surface area contributed by atoms with E-state index in [4.69, 9.17) is 9.84 Å². The molecule has 1 aromatic heterocycles. The molecule has 0 bridgehead atoms. The van der Waals surface area contributed by atoms with Crippen LogP contribution in [0, 0.1) is 5.92 Å². The Kier molecular flexibility index (Phi) is 5.75. The van der Waals surface area contributed by atoms with Gasteiger partial charge in [0, 0.05) is 20.2 Å². The van der Waals surface area contributed by atoms with Crippen molar-refractivity contribution in [3.05, 3.63) is 10.6 Å². The van der Waals surface area contributed by atoms with Gasteiger partial charge in [0.2, 0.25) is 0 Å². The van der Waals surface area contributed by atoms with Gasteiger partial charge in [-0.2, -0.15) is 0 Å². The fourth-order valence-corrected chi connectivity index (χ4v) is 2.89. The fraction of sp³-hybridized carbons (Fsp3) is 0.692. The summed E-state index contributed by atoms with van der Waals surface area (Å²) in [6.45, 7) is 6.69. The maximum Gasteiger partial charge on any atom is 0.347 e. The van der Waals surface area contributed by atoms with Crippen molar-refractivity contribution in [2.75, 3.05) is 19.1 Å². The highest BCUT2D eigenvalue weighted by Crippen LogP contribution is 2.28. The van der Waals surface area contributed by atoms with Crippen molar-refractivity contribution in [2.45, 2.75) is 39.8 Å². The van der Waals surface area contributed by atoms with Crippen LogP contribution in [-0.2, 0) is 11.3 Å². The second kappa shape index (κ2) is 6.86. The molecule has 0 fully saturated rings. The second-order valence-electron chi connectivity index (χ2n) is 5.10. The van der Waals surface area contributed by atoms with Crippen LogP contribution in [0.5, 0.6) is 0 Å². The van der Waals surface area contributed by atoms with Crippen LogP contribution in [0.2, 0.25) is 0 Å². The number of anilines is 1. The summed E-state index contributed by atoms with van der Waals surface area (Å²) >= 11 is 1.21. The van der Waals surface area contributed by atoms with E-state index in [1.54, 1.807) is 0 Å². The van der Waals surface area contributed by atoms with Gasteiger partial charge in [-0.1, -0.05) is 25.2 Å². The number of carbonyl (C=O) groups is 1. The lowest BCUT2D eigenvalue weighted by atomic mass is 10.0. The average Bonchev–Trinajstić information content (AvgIpc) is 2.71.